The van der Waals surface area contributed by atoms with E-state index < -0.39 is 0 Å². The zero-order valence-electron chi connectivity index (χ0n) is 19.5. The fourth-order valence-electron chi connectivity index (χ4n) is 4.13. The van der Waals surface area contributed by atoms with Crippen molar-refractivity contribution >= 4 is 22.8 Å². The molecule has 0 atom stereocenters. The number of furan rings is 1. The normalized spacial score (nSPS) is 13.4. The molecule has 0 bridgehead atoms. The number of hydrogen-bond acceptors (Lipinski definition) is 5. The first kappa shape index (κ1) is 21.9. The standard InChI is InChI=1S/C26H27N5O3/c1-16(2)31-24-21(14-28-31)20(13-22(29-24)23-5-4-12-34-23)26(33)30(19-10-11-19)15-17-6-8-18(9-7-17)25(32)27-3/h4-9,12-14,16,19H,10-11,15H2,1-3H3,(H,27,32). The Balaban J connectivity index is 1.53. The van der Waals surface area contributed by atoms with Crippen molar-refractivity contribution in [3.8, 4) is 11.5 Å². The summed E-state index contributed by atoms with van der Waals surface area (Å²) < 4.78 is 7.42. The van der Waals surface area contributed by atoms with Gasteiger partial charge < -0.3 is 14.6 Å². The second-order valence-corrected chi connectivity index (χ2v) is 8.89. The lowest BCUT2D eigenvalue weighted by atomic mass is 10.1. The van der Waals surface area contributed by atoms with Gasteiger partial charge in [-0.2, -0.15) is 5.10 Å². The number of fused-ring (bicyclic) bond motifs is 1. The maximum atomic E-state index is 13.9. The smallest absolute Gasteiger partial charge is 0.255 e. The van der Waals surface area contributed by atoms with Crippen LogP contribution < -0.4 is 5.32 Å². The van der Waals surface area contributed by atoms with Gasteiger partial charge in [0.05, 0.1) is 23.4 Å². The summed E-state index contributed by atoms with van der Waals surface area (Å²) in [5.41, 5.74) is 3.40. The van der Waals surface area contributed by atoms with E-state index in [2.05, 4.69) is 10.4 Å². The highest BCUT2D eigenvalue weighted by Gasteiger charge is 2.34. The van der Waals surface area contributed by atoms with Crippen LogP contribution in [0.3, 0.4) is 0 Å². The van der Waals surface area contributed by atoms with Crippen molar-refractivity contribution in [3.63, 3.8) is 0 Å². The summed E-state index contributed by atoms with van der Waals surface area (Å²) in [6.45, 7) is 4.54. The van der Waals surface area contributed by atoms with Crippen molar-refractivity contribution in [2.45, 2.75) is 45.3 Å². The molecule has 5 rings (SSSR count). The van der Waals surface area contributed by atoms with E-state index in [1.165, 1.54) is 0 Å². The minimum atomic E-state index is -0.131. The van der Waals surface area contributed by atoms with Crippen LogP contribution in [-0.2, 0) is 6.54 Å². The van der Waals surface area contributed by atoms with Crippen LogP contribution in [0.5, 0.6) is 0 Å². The second kappa shape index (κ2) is 8.78. The third-order valence-electron chi connectivity index (χ3n) is 6.10. The fourth-order valence-corrected chi connectivity index (χ4v) is 4.13. The number of carbonyl (C=O) groups excluding carboxylic acids is 2. The Morgan fingerprint density at radius 2 is 1.97 bits per heavy atom. The molecule has 0 radical (unpaired) electrons. The zero-order chi connectivity index (χ0) is 23.8. The molecule has 4 aromatic rings. The minimum absolute atomic E-state index is 0.0543. The van der Waals surface area contributed by atoms with E-state index in [1.807, 2.05) is 41.6 Å². The fraction of sp³-hybridized carbons (Fsp3) is 0.308. The summed E-state index contributed by atoms with van der Waals surface area (Å²) in [6, 6.07) is 13.1. The number of hydrogen-bond donors (Lipinski definition) is 1. The molecule has 1 aliphatic carbocycles. The number of carbonyl (C=O) groups is 2. The number of nitrogens with one attached hydrogen (secondary N) is 1. The van der Waals surface area contributed by atoms with Gasteiger partial charge in [0.15, 0.2) is 11.4 Å². The Bertz CT molecular complexity index is 1340. The molecule has 1 saturated carbocycles. The maximum absolute atomic E-state index is 13.9. The van der Waals surface area contributed by atoms with Gasteiger partial charge in [-0.25, -0.2) is 9.67 Å². The van der Waals surface area contributed by atoms with Crippen molar-refractivity contribution in [2.24, 2.45) is 0 Å². The minimum Gasteiger partial charge on any atom is -0.463 e. The third kappa shape index (κ3) is 4.07. The summed E-state index contributed by atoms with van der Waals surface area (Å²) in [5.74, 6) is 0.421. The number of nitrogens with zero attached hydrogens (tertiary/aromatic N) is 4. The van der Waals surface area contributed by atoms with E-state index in [4.69, 9.17) is 9.40 Å². The Hall–Kier alpha value is -3.94. The molecule has 1 aromatic carbocycles. The van der Waals surface area contributed by atoms with Crippen LogP contribution in [0.2, 0.25) is 0 Å². The first-order valence-electron chi connectivity index (χ1n) is 11.5. The van der Waals surface area contributed by atoms with Crippen LogP contribution >= 0.6 is 0 Å². The zero-order valence-corrected chi connectivity index (χ0v) is 19.5. The first-order chi connectivity index (χ1) is 16.5. The molecule has 34 heavy (non-hydrogen) atoms. The number of pyridine rings is 1. The van der Waals surface area contributed by atoms with Crippen LogP contribution in [0.1, 0.15) is 59.0 Å². The van der Waals surface area contributed by atoms with Gasteiger partial charge in [0.25, 0.3) is 11.8 Å². The molecule has 0 spiro atoms. The molecule has 1 N–H and O–H groups in total. The quantitative estimate of drug-likeness (QED) is 0.443. The molecule has 3 aromatic heterocycles. The Labute approximate surface area is 197 Å². The van der Waals surface area contributed by atoms with Gasteiger partial charge in [-0.05, 0) is 62.6 Å². The van der Waals surface area contributed by atoms with Gasteiger partial charge in [0, 0.05) is 31.2 Å². The molecule has 0 aliphatic heterocycles. The molecule has 1 fully saturated rings. The molecule has 8 nitrogen and oxygen atoms in total. The summed E-state index contributed by atoms with van der Waals surface area (Å²) in [7, 11) is 1.61. The van der Waals surface area contributed by atoms with E-state index in [-0.39, 0.29) is 23.9 Å². The van der Waals surface area contributed by atoms with E-state index in [0.29, 0.717) is 34.8 Å². The third-order valence-corrected chi connectivity index (χ3v) is 6.10. The highest BCUT2D eigenvalue weighted by molar-refractivity contribution is 6.06. The highest BCUT2D eigenvalue weighted by atomic mass is 16.3. The molecule has 1 aliphatic rings. The average Bonchev–Trinajstić information content (AvgIpc) is 3.35. The van der Waals surface area contributed by atoms with Crippen molar-refractivity contribution < 1.29 is 14.0 Å². The van der Waals surface area contributed by atoms with Crippen LogP contribution in [0.15, 0.2) is 59.3 Å². The molecule has 0 unspecified atom stereocenters. The summed E-state index contributed by atoms with van der Waals surface area (Å²) >= 11 is 0. The molecule has 2 amide bonds. The van der Waals surface area contributed by atoms with Gasteiger partial charge in [-0.1, -0.05) is 12.1 Å². The highest BCUT2D eigenvalue weighted by Crippen LogP contribution is 2.33. The van der Waals surface area contributed by atoms with Crippen molar-refractivity contribution in [1.82, 2.24) is 25.0 Å². The molecular formula is C26H27N5O3. The molecule has 174 valence electrons. The van der Waals surface area contributed by atoms with E-state index >= 15 is 0 Å². The van der Waals surface area contributed by atoms with Crippen LogP contribution in [0.4, 0.5) is 0 Å². The van der Waals surface area contributed by atoms with Crippen molar-refractivity contribution in [1.29, 1.82) is 0 Å². The predicted molar refractivity (Wildman–Crippen MR) is 128 cm³/mol. The number of aromatic nitrogens is 3. The largest absolute Gasteiger partial charge is 0.463 e. The van der Waals surface area contributed by atoms with Gasteiger partial charge in [-0.3, -0.25) is 9.59 Å². The van der Waals surface area contributed by atoms with Crippen LogP contribution in [0.25, 0.3) is 22.5 Å². The Morgan fingerprint density at radius 3 is 2.59 bits per heavy atom. The van der Waals surface area contributed by atoms with Gasteiger partial charge in [0.1, 0.15) is 5.69 Å². The lowest BCUT2D eigenvalue weighted by Crippen LogP contribution is -2.33. The maximum Gasteiger partial charge on any atom is 0.255 e. The van der Waals surface area contributed by atoms with Gasteiger partial charge in [-0.15, -0.1) is 0 Å². The number of rotatable bonds is 7. The Kier molecular flexibility index (Phi) is 5.65. The van der Waals surface area contributed by atoms with Crippen LogP contribution in [-0.4, -0.2) is 44.6 Å². The average molecular weight is 458 g/mol. The van der Waals surface area contributed by atoms with Crippen LogP contribution in [0, 0.1) is 0 Å². The van der Waals surface area contributed by atoms with E-state index in [9.17, 15) is 9.59 Å². The number of amides is 2. The summed E-state index contributed by atoms with van der Waals surface area (Å²) in [5, 5.41) is 7.87. The van der Waals surface area contributed by atoms with Gasteiger partial charge in [0.2, 0.25) is 0 Å². The first-order valence-corrected chi connectivity index (χ1v) is 11.5. The number of benzene rings is 1. The van der Waals surface area contributed by atoms with Crippen molar-refractivity contribution in [3.05, 3.63) is 71.6 Å². The molecule has 0 saturated heterocycles. The molecular weight excluding hydrogens is 430 g/mol. The van der Waals surface area contributed by atoms with E-state index in [0.717, 1.165) is 23.8 Å². The summed E-state index contributed by atoms with van der Waals surface area (Å²) in [6.07, 6.45) is 5.28. The monoisotopic (exact) mass is 457 g/mol. The van der Waals surface area contributed by atoms with Crippen molar-refractivity contribution in [2.75, 3.05) is 7.05 Å². The van der Waals surface area contributed by atoms with Gasteiger partial charge >= 0.3 is 0 Å². The molecule has 8 heteroatoms. The van der Waals surface area contributed by atoms with E-state index in [1.54, 1.807) is 43.8 Å². The topological polar surface area (TPSA) is 93.3 Å². The second-order valence-electron chi connectivity index (χ2n) is 8.89. The Morgan fingerprint density at radius 1 is 1.21 bits per heavy atom. The summed E-state index contributed by atoms with van der Waals surface area (Å²) in [4.78, 5) is 32.5. The lowest BCUT2D eigenvalue weighted by Gasteiger charge is -2.23. The lowest BCUT2D eigenvalue weighted by molar-refractivity contribution is 0.0731. The molecule has 3 heterocycles. The SMILES string of the molecule is CNC(=O)c1ccc(CN(C(=O)c2cc(-c3ccco3)nc3c2cnn3C(C)C)C2CC2)cc1. The predicted octanol–water partition coefficient (Wildman–Crippen LogP) is 4.44.